The highest BCUT2D eigenvalue weighted by molar-refractivity contribution is 6.31. The summed E-state index contributed by atoms with van der Waals surface area (Å²) in [6, 6.07) is 7.67. The molecule has 1 rings (SSSR count). The molecule has 0 aliphatic rings. The maximum absolute atomic E-state index is 8.91. The molecule has 1 aromatic rings. The number of nitrogens with two attached hydrogens (primary N) is 1. The monoisotopic (exact) mass is 251 g/mol. The van der Waals surface area contributed by atoms with Crippen molar-refractivity contribution in [2.24, 2.45) is 5.73 Å². The molecular weight excluding hydrogens is 234 g/mol. The quantitative estimate of drug-likeness (QED) is 0.875. The van der Waals surface area contributed by atoms with Crippen LogP contribution in [0.25, 0.3) is 0 Å². The van der Waals surface area contributed by atoms with Gasteiger partial charge in [-0.3, -0.25) is 4.90 Å². The van der Waals surface area contributed by atoms with Gasteiger partial charge in [-0.25, -0.2) is 0 Å². The highest BCUT2D eigenvalue weighted by atomic mass is 35.5. The molecule has 0 saturated heterocycles. The maximum Gasteiger partial charge on any atom is 0.0991 e. The predicted octanol–water partition coefficient (Wildman–Crippen LogP) is 2.55. The molecular formula is C13H18ClN3. The van der Waals surface area contributed by atoms with E-state index in [1.165, 1.54) is 0 Å². The van der Waals surface area contributed by atoms with Crippen molar-refractivity contribution in [1.29, 1.82) is 5.26 Å². The maximum atomic E-state index is 8.91. The molecule has 1 aromatic carbocycles. The summed E-state index contributed by atoms with van der Waals surface area (Å²) >= 11 is 6.18. The van der Waals surface area contributed by atoms with E-state index >= 15 is 0 Å². The van der Waals surface area contributed by atoms with E-state index in [-0.39, 0.29) is 6.04 Å². The molecule has 0 aromatic heterocycles. The zero-order chi connectivity index (χ0) is 12.8. The molecule has 17 heavy (non-hydrogen) atoms. The minimum absolute atomic E-state index is 0.171. The first-order chi connectivity index (χ1) is 8.13. The van der Waals surface area contributed by atoms with Gasteiger partial charge >= 0.3 is 0 Å². The van der Waals surface area contributed by atoms with E-state index in [2.05, 4.69) is 24.8 Å². The van der Waals surface area contributed by atoms with Crippen molar-refractivity contribution in [3.8, 4) is 6.07 Å². The van der Waals surface area contributed by atoms with E-state index in [0.29, 0.717) is 17.1 Å². The number of rotatable bonds is 5. The fourth-order valence-electron chi connectivity index (χ4n) is 1.92. The van der Waals surface area contributed by atoms with Crippen LogP contribution >= 0.6 is 11.6 Å². The average molecular weight is 252 g/mol. The van der Waals surface area contributed by atoms with Crippen molar-refractivity contribution in [2.45, 2.75) is 19.9 Å². The Morgan fingerprint density at radius 3 is 2.76 bits per heavy atom. The molecule has 92 valence electrons. The van der Waals surface area contributed by atoms with Crippen LogP contribution in [0.3, 0.4) is 0 Å². The predicted molar refractivity (Wildman–Crippen MR) is 70.9 cm³/mol. The molecule has 0 radical (unpaired) electrons. The van der Waals surface area contributed by atoms with E-state index in [1.54, 1.807) is 12.1 Å². The number of nitriles is 1. The van der Waals surface area contributed by atoms with Gasteiger partial charge < -0.3 is 5.73 Å². The van der Waals surface area contributed by atoms with Gasteiger partial charge in [0.1, 0.15) is 0 Å². The normalized spacial score (nSPS) is 12.5. The van der Waals surface area contributed by atoms with Gasteiger partial charge in [0.2, 0.25) is 0 Å². The van der Waals surface area contributed by atoms with E-state index in [4.69, 9.17) is 22.6 Å². The molecule has 0 aliphatic heterocycles. The number of hydrogen-bond acceptors (Lipinski definition) is 3. The molecule has 0 heterocycles. The van der Waals surface area contributed by atoms with Crippen LogP contribution in [0.5, 0.6) is 0 Å². The Balaban J connectivity index is 3.01. The van der Waals surface area contributed by atoms with Crippen LogP contribution in [0.1, 0.15) is 31.0 Å². The summed E-state index contributed by atoms with van der Waals surface area (Å²) in [7, 11) is 0. The Hall–Kier alpha value is -1.08. The van der Waals surface area contributed by atoms with Gasteiger partial charge in [0.25, 0.3) is 0 Å². The Morgan fingerprint density at radius 2 is 2.24 bits per heavy atom. The molecule has 4 heteroatoms. The fourth-order valence-corrected chi connectivity index (χ4v) is 2.20. The lowest BCUT2D eigenvalue weighted by atomic mass is 10.0. The average Bonchev–Trinajstić information content (AvgIpc) is 2.35. The number of nitrogens with zero attached hydrogens (tertiary/aromatic N) is 2. The van der Waals surface area contributed by atoms with Crippen molar-refractivity contribution in [3.63, 3.8) is 0 Å². The summed E-state index contributed by atoms with van der Waals surface area (Å²) in [5.74, 6) is 0. The van der Waals surface area contributed by atoms with Gasteiger partial charge in [0.15, 0.2) is 0 Å². The lowest BCUT2D eigenvalue weighted by molar-refractivity contribution is 0.228. The lowest BCUT2D eigenvalue weighted by Gasteiger charge is -2.28. The van der Waals surface area contributed by atoms with Crippen LogP contribution in [0, 0.1) is 11.3 Å². The van der Waals surface area contributed by atoms with Gasteiger partial charge in [-0.05, 0) is 37.2 Å². The van der Waals surface area contributed by atoms with Crippen molar-refractivity contribution in [2.75, 3.05) is 19.6 Å². The Bertz CT molecular complexity index is 412. The number of halogens is 1. The van der Waals surface area contributed by atoms with Gasteiger partial charge in [-0.1, -0.05) is 18.5 Å². The first-order valence-corrected chi connectivity index (χ1v) is 6.15. The van der Waals surface area contributed by atoms with Crippen molar-refractivity contribution in [3.05, 3.63) is 34.3 Å². The zero-order valence-corrected chi connectivity index (χ0v) is 11.0. The van der Waals surface area contributed by atoms with E-state index in [9.17, 15) is 0 Å². The first-order valence-electron chi connectivity index (χ1n) is 5.77. The molecule has 0 aliphatic carbocycles. The second kappa shape index (κ2) is 6.61. The van der Waals surface area contributed by atoms with E-state index < -0.39 is 0 Å². The first kappa shape index (κ1) is 14.0. The van der Waals surface area contributed by atoms with Crippen molar-refractivity contribution < 1.29 is 0 Å². The van der Waals surface area contributed by atoms with E-state index in [1.807, 2.05) is 6.07 Å². The smallest absolute Gasteiger partial charge is 0.0991 e. The van der Waals surface area contributed by atoms with Gasteiger partial charge in [-0.2, -0.15) is 5.26 Å². The number of hydrogen-bond donors (Lipinski definition) is 1. The van der Waals surface area contributed by atoms with Crippen molar-refractivity contribution >= 4 is 11.6 Å². The van der Waals surface area contributed by atoms with Gasteiger partial charge in [0.05, 0.1) is 11.6 Å². The third-order valence-electron chi connectivity index (χ3n) is 2.95. The Kier molecular flexibility index (Phi) is 5.43. The molecule has 1 unspecified atom stereocenters. The number of likely N-dealkylation sites (N-methyl/N-ethyl adjacent to an activating group) is 1. The minimum Gasteiger partial charge on any atom is -0.329 e. The van der Waals surface area contributed by atoms with Crippen LogP contribution in [0.2, 0.25) is 5.02 Å². The topological polar surface area (TPSA) is 53.0 Å². The summed E-state index contributed by atoms with van der Waals surface area (Å²) in [6.07, 6.45) is 0. The largest absolute Gasteiger partial charge is 0.329 e. The third kappa shape index (κ3) is 3.44. The molecule has 0 amide bonds. The van der Waals surface area contributed by atoms with E-state index in [0.717, 1.165) is 18.7 Å². The van der Waals surface area contributed by atoms with Crippen LogP contribution in [-0.4, -0.2) is 24.5 Å². The fraction of sp³-hybridized carbons (Fsp3) is 0.462. The molecule has 1 atom stereocenters. The Morgan fingerprint density at radius 1 is 1.53 bits per heavy atom. The minimum atomic E-state index is 0.171. The molecule has 2 N–H and O–H groups in total. The summed E-state index contributed by atoms with van der Waals surface area (Å²) in [5.41, 5.74) is 7.21. The van der Waals surface area contributed by atoms with Gasteiger partial charge in [0, 0.05) is 24.2 Å². The molecule has 0 fully saturated rings. The van der Waals surface area contributed by atoms with Crippen LogP contribution in [0.15, 0.2) is 18.2 Å². The van der Waals surface area contributed by atoms with Crippen LogP contribution in [-0.2, 0) is 0 Å². The molecule has 0 bridgehead atoms. The van der Waals surface area contributed by atoms with Crippen LogP contribution in [0.4, 0.5) is 0 Å². The standard InChI is InChI=1S/C13H18ClN3/c1-3-17(7-6-15)10(2)12-8-11(9-16)4-5-13(12)14/h4-5,8,10H,3,6-7,15H2,1-2H3. The zero-order valence-electron chi connectivity index (χ0n) is 10.3. The summed E-state index contributed by atoms with van der Waals surface area (Å²) in [6.45, 7) is 6.53. The molecule has 0 spiro atoms. The lowest BCUT2D eigenvalue weighted by Crippen LogP contribution is -2.32. The molecule has 0 saturated carbocycles. The molecule has 3 nitrogen and oxygen atoms in total. The third-order valence-corrected chi connectivity index (χ3v) is 3.29. The van der Waals surface area contributed by atoms with Crippen molar-refractivity contribution in [1.82, 2.24) is 4.90 Å². The highest BCUT2D eigenvalue weighted by Crippen LogP contribution is 2.27. The van der Waals surface area contributed by atoms with Crippen LogP contribution < -0.4 is 5.73 Å². The SMILES string of the molecule is CCN(CCN)C(C)c1cc(C#N)ccc1Cl. The number of benzene rings is 1. The van der Waals surface area contributed by atoms with Gasteiger partial charge in [-0.15, -0.1) is 0 Å². The summed E-state index contributed by atoms with van der Waals surface area (Å²) in [5, 5.41) is 9.61. The summed E-state index contributed by atoms with van der Waals surface area (Å²) in [4.78, 5) is 2.24. The second-order valence-electron chi connectivity index (χ2n) is 3.94. The summed E-state index contributed by atoms with van der Waals surface area (Å²) < 4.78 is 0. The Labute approximate surface area is 108 Å². The highest BCUT2D eigenvalue weighted by Gasteiger charge is 2.16. The second-order valence-corrected chi connectivity index (χ2v) is 4.35.